The molecule has 0 aromatic carbocycles. The van der Waals surface area contributed by atoms with Gasteiger partial charge in [0.2, 0.25) is 0 Å². The van der Waals surface area contributed by atoms with Crippen LogP contribution in [0.25, 0.3) is 0 Å². The molecule has 0 spiro atoms. The minimum absolute atomic E-state index is 0. The molecule has 0 rings (SSSR count). The van der Waals surface area contributed by atoms with Crippen LogP contribution in [0.4, 0.5) is 0 Å². The van der Waals surface area contributed by atoms with Gasteiger partial charge in [-0.3, -0.25) is 0 Å². The quantitative estimate of drug-likeness (QED) is 0.207. The van der Waals surface area contributed by atoms with Crippen molar-refractivity contribution in [3.63, 3.8) is 0 Å². The molecule has 0 aromatic heterocycles. The van der Waals surface area contributed by atoms with E-state index in [1.807, 2.05) is 41.5 Å². The zero-order valence-corrected chi connectivity index (χ0v) is 23.2. The van der Waals surface area contributed by atoms with Crippen molar-refractivity contribution in [2.24, 2.45) is 15.0 Å². The van der Waals surface area contributed by atoms with Crippen molar-refractivity contribution in [1.29, 1.82) is 0 Å². The van der Waals surface area contributed by atoms with Crippen LogP contribution in [0.15, 0.2) is 15.0 Å². The Morgan fingerprint density at radius 3 is 0.714 bits per heavy atom. The molecule has 7 heteroatoms. The van der Waals surface area contributed by atoms with E-state index in [2.05, 4.69) is 91.5 Å². The van der Waals surface area contributed by atoms with Gasteiger partial charge in [-0.15, -0.1) is 0 Å². The summed E-state index contributed by atoms with van der Waals surface area (Å²) in [5, 5.41) is 8.88. The van der Waals surface area contributed by atoms with E-state index < -0.39 is 0 Å². The van der Waals surface area contributed by atoms with E-state index in [-0.39, 0.29) is 32.7 Å². The Bertz CT molecular complexity index is 318. The first-order valence-corrected chi connectivity index (χ1v) is 9.99. The zero-order valence-electron chi connectivity index (χ0n) is 20.4. The molecule has 0 unspecified atom stereocenters. The number of aliphatic imine (C=N–C) groups is 3. The largest absolute Gasteiger partial charge is 3.00 e. The van der Waals surface area contributed by atoms with Gasteiger partial charge < -0.3 is 49.9 Å². The van der Waals surface area contributed by atoms with Crippen molar-refractivity contribution in [1.82, 2.24) is 16.0 Å². The first-order valence-electron chi connectivity index (χ1n) is 9.99. The molecular weight excluding hydrogens is 425 g/mol. The molecule has 0 aliphatic rings. The monoisotopic (exact) mass is 470 g/mol. The van der Waals surface area contributed by atoms with Crippen molar-refractivity contribution in [2.45, 2.75) is 119 Å². The van der Waals surface area contributed by atoms with E-state index in [4.69, 9.17) is 0 Å². The molecule has 0 amide bonds. The molecule has 0 saturated heterocycles. The molecule has 0 saturated carbocycles. The van der Waals surface area contributed by atoms with E-state index in [0.29, 0.717) is 36.3 Å². The summed E-state index contributed by atoms with van der Waals surface area (Å²) in [6.07, 6.45) is 8.28. The third kappa shape index (κ3) is 50.0. The van der Waals surface area contributed by atoms with E-state index in [1.165, 1.54) is 0 Å². The Hall–Kier alpha value is -0.486. The van der Waals surface area contributed by atoms with Crippen molar-refractivity contribution >= 4 is 19.0 Å². The number of nitrogens with one attached hydrogen (secondary N) is 3. The molecule has 3 N–H and O–H groups in total. The van der Waals surface area contributed by atoms with Crippen molar-refractivity contribution in [2.75, 3.05) is 0 Å². The minimum atomic E-state index is 0. The van der Waals surface area contributed by atoms with Crippen LogP contribution in [0.5, 0.6) is 0 Å². The molecule has 0 aliphatic carbocycles. The van der Waals surface area contributed by atoms with E-state index >= 15 is 0 Å². The Morgan fingerprint density at radius 1 is 0.429 bits per heavy atom. The summed E-state index contributed by atoms with van der Waals surface area (Å²) in [5.41, 5.74) is 0. The predicted octanol–water partition coefficient (Wildman–Crippen LogP) is 3.89. The molecule has 0 radical (unpaired) electrons. The van der Waals surface area contributed by atoms with Gasteiger partial charge in [0, 0.05) is 18.1 Å². The van der Waals surface area contributed by atoms with Crippen molar-refractivity contribution < 1.29 is 32.7 Å². The third-order valence-corrected chi connectivity index (χ3v) is 2.03. The second-order valence-electron chi connectivity index (χ2n) is 7.90. The molecule has 0 aliphatic heterocycles. The number of hydrogen-bond donors (Lipinski definition) is 3. The first-order chi connectivity index (χ1) is 12.4. The van der Waals surface area contributed by atoms with Crippen LogP contribution in [0.3, 0.4) is 0 Å². The number of hydrogen-bond acceptors (Lipinski definition) is 3. The maximum absolute atomic E-state index is 4.00. The Labute approximate surface area is 201 Å². The van der Waals surface area contributed by atoms with Gasteiger partial charge in [-0.25, -0.2) is 0 Å². The Balaban J connectivity index is -0.000000152. The fraction of sp³-hybridized carbons (Fsp3) is 0.857. The molecular formula is C21H45N6Y. The fourth-order valence-corrected chi connectivity index (χ4v) is 0.886. The van der Waals surface area contributed by atoms with Crippen LogP contribution in [0.2, 0.25) is 0 Å². The van der Waals surface area contributed by atoms with Crippen LogP contribution in [-0.4, -0.2) is 55.3 Å². The summed E-state index contributed by atoms with van der Waals surface area (Å²) >= 11 is 0. The molecule has 0 aromatic rings. The third-order valence-electron chi connectivity index (χ3n) is 2.03. The summed E-state index contributed by atoms with van der Waals surface area (Å²) in [4.78, 5) is 12.0. The van der Waals surface area contributed by atoms with Crippen LogP contribution < -0.4 is 16.0 Å². The summed E-state index contributed by atoms with van der Waals surface area (Å²) < 4.78 is 0. The molecule has 0 atom stereocenters. The van der Waals surface area contributed by atoms with Gasteiger partial charge in [-0.1, -0.05) is 0 Å². The van der Waals surface area contributed by atoms with Gasteiger partial charge in [-0.2, -0.15) is 0 Å². The van der Waals surface area contributed by atoms with Gasteiger partial charge in [0.25, 0.3) is 0 Å². The van der Waals surface area contributed by atoms with E-state index in [0.717, 1.165) is 0 Å². The van der Waals surface area contributed by atoms with Crippen LogP contribution in [0, 0.1) is 0 Å². The summed E-state index contributed by atoms with van der Waals surface area (Å²) in [5.74, 6) is 0. The van der Waals surface area contributed by atoms with Gasteiger partial charge in [0.1, 0.15) is 0 Å². The molecule has 162 valence electrons. The average molecular weight is 471 g/mol. The topological polar surface area (TPSA) is 73.2 Å². The first kappa shape index (κ1) is 35.0. The second kappa shape index (κ2) is 24.6. The average Bonchev–Trinajstić information content (AvgIpc) is 2.46. The van der Waals surface area contributed by atoms with Crippen LogP contribution in [-0.2, 0) is 32.7 Å². The van der Waals surface area contributed by atoms with Crippen LogP contribution >= 0.6 is 0 Å². The summed E-state index contributed by atoms with van der Waals surface area (Å²) in [7, 11) is 0. The number of rotatable bonds is 9. The fourth-order valence-electron chi connectivity index (χ4n) is 0.886. The molecule has 0 bridgehead atoms. The standard InChI is InChI=1S/3C7H15N2.Y/c3*1-6(2)8-5-9-7(3)4;/h3*6-7H,1-4H3,(H,8,9);/q3*-1;+3. The normalized spacial score (nSPS) is 11.4. The second-order valence-corrected chi connectivity index (χ2v) is 7.90. The Kier molecular flexibility index (Phi) is 30.7. The van der Waals surface area contributed by atoms with Gasteiger partial charge in [0.15, 0.2) is 0 Å². The summed E-state index contributed by atoms with van der Waals surface area (Å²) in [6, 6.07) is 2.34. The molecule has 28 heavy (non-hydrogen) atoms. The van der Waals surface area contributed by atoms with Gasteiger partial charge >= 0.3 is 32.7 Å². The van der Waals surface area contributed by atoms with Crippen LogP contribution in [0.1, 0.15) is 83.1 Å². The zero-order chi connectivity index (χ0) is 21.8. The predicted molar refractivity (Wildman–Crippen MR) is 123 cm³/mol. The maximum atomic E-state index is 4.00. The molecule has 6 nitrogen and oxygen atoms in total. The van der Waals surface area contributed by atoms with Gasteiger partial charge in [0.05, 0.1) is 0 Å². The molecule has 0 heterocycles. The van der Waals surface area contributed by atoms with Crippen molar-refractivity contribution in [3.8, 4) is 0 Å². The van der Waals surface area contributed by atoms with E-state index in [9.17, 15) is 0 Å². The number of nitrogens with zero attached hydrogens (tertiary/aromatic N) is 3. The van der Waals surface area contributed by atoms with Gasteiger partial charge in [-0.05, 0) is 101 Å². The van der Waals surface area contributed by atoms with E-state index in [1.54, 1.807) is 0 Å². The minimum Gasteiger partial charge on any atom is -0.548 e. The Morgan fingerprint density at radius 2 is 0.607 bits per heavy atom. The van der Waals surface area contributed by atoms with Crippen molar-refractivity contribution in [3.05, 3.63) is 0 Å². The maximum Gasteiger partial charge on any atom is 3.00 e. The summed E-state index contributed by atoms with van der Waals surface area (Å²) in [6.45, 7) is 24.5. The smallest absolute Gasteiger partial charge is 0.548 e. The SMILES string of the molecule is CC(C)N=[C-]NC(C)C.CC(C)N=[C-]NC(C)C.CC(C)N=[C-]NC(C)C.[Y+3]. The molecule has 0 fully saturated rings.